The van der Waals surface area contributed by atoms with Crippen molar-refractivity contribution in [3.8, 4) is 5.75 Å². The van der Waals surface area contributed by atoms with Gasteiger partial charge < -0.3 is 4.90 Å². The zero-order valence-corrected chi connectivity index (χ0v) is 11.7. The van der Waals surface area contributed by atoms with Crippen LogP contribution in [0.15, 0.2) is 54.6 Å². The first-order valence-corrected chi connectivity index (χ1v) is 6.59. The van der Waals surface area contributed by atoms with Gasteiger partial charge in [-0.25, -0.2) is 0 Å². The van der Waals surface area contributed by atoms with Crippen LogP contribution in [0.3, 0.4) is 0 Å². The van der Waals surface area contributed by atoms with Crippen LogP contribution in [-0.2, 0) is 5.11 Å². The summed E-state index contributed by atoms with van der Waals surface area (Å²) in [5.41, 5.74) is 1.21. The second kappa shape index (κ2) is 6.35. The number of Topliss-reactive ketones (excluding diaryl/α,β-unsaturated/α-hetero) is 1. The molecule has 0 fully saturated rings. The third-order valence-electron chi connectivity index (χ3n) is 3.22. The van der Waals surface area contributed by atoms with Crippen molar-refractivity contribution in [2.24, 2.45) is 0 Å². The highest BCUT2D eigenvalue weighted by Gasteiger charge is 2.24. The summed E-state index contributed by atoms with van der Waals surface area (Å²) < 4.78 is 0. The lowest BCUT2D eigenvalue weighted by atomic mass is 9.90. The Kier molecular flexibility index (Phi) is 4.53. The smallest absolute Gasteiger partial charge is 0.189 e. The molecule has 1 atom stereocenters. The summed E-state index contributed by atoms with van der Waals surface area (Å²) in [5, 5.41) is 11.8. The fourth-order valence-electron chi connectivity index (χ4n) is 2.25. The number of hydrogen-bond acceptors (Lipinski definition) is 2. The van der Waals surface area contributed by atoms with Gasteiger partial charge in [0.15, 0.2) is 11.5 Å². The van der Waals surface area contributed by atoms with Crippen LogP contribution in [0, 0.1) is 0 Å². The van der Waals surface area contributed by atoms with Crippen LogP contribution in [0.1, 0.15) is 21.8 Å². The summed E-state index contributed by atoms with van der Waals surface area (Å²) in [6.07, 6.45) is 0. The van der Waals surface area contributed by atoms with Crippen molar-refractivity contribution in [3.63, 3.8) is 0 Å². The molecule has 0 bridgehead atoms. The van der Waals surface area contributed by atoms with Crippen molar-refractivity contribution >= 4 is 5.78 Å². The molecule has 3 nitrogen and oxygen atoms in total. The maximum atomic E-state index is 12.7. The molecule has 0 saturated carbocycles. The summed E-state index contributed by atoms with van der Waals surface area (Å²) in [6.45, 7) is 0.581. The summed E-state index contributed by atoms with van der Waals surface area (Å²) in [4.78, 5) is 14.6. The molecule has 103 valence electrons. The quantitative estimate of drug-likeness (QED) is 0.780. The molecule has 2 aromatic rings. The molecule has 2 aromatic carbocycles. The second-order valence-corrected chi connectivity index (χ2v) is 5.09. The summed E-state index contributed by atoms with van der Waals surface area (Å²) in [6, 6.07) is 16.0. The fraction of sp³-hybridized carbons (Fsp3) is 0.235. The number of hydrogen-bond donors (Lipinski definition) is 0. The highest BCUT2D eigenvalue weighted by molar-refractivity contribution is 6.03. The van der Waals surface area contributed by atoms with Crippen LogP contribution in [-0.4, -0.2) is 31.3 Å². The Balaban J connectivity index is 2.37. The van der Waals surface area contributed by atoms with Gasteiger partial charge in [-0.05, 0) is 31.8 Å². The molecule has 0 N–H and O–H groups in total. The molecule has 1 radical (unpaired) electrons. The summed E-state index contributed by atoms with van der Waals surface area (Å²) in [7, 11) is 3.85. The van der Waals surface area contributed by atoms with Crippen molar-refractivity contribution in [2.75, 3.05) is 20.6 Å². The summed E-state index contributed by atoms with van der Waals surface area (Å²) >= 11 is 0. The van der Waals surface area contributed by atoms with Crippen LogP contribution in [0.25, 0.3) is 0 Å². The molecule has 0 aliphatic carbocycles. The van der Waals surface area contributed by atoms with Gasteiger partial charge in [-0.15, -0.1) is 0 Å². The minimum Gasteiger partial charge on any atom is -0.308 e. The van der Waals surface area contributed by atoms with E-state index in [0.29, 0.717) is 6.54 Å². The van der Waals surface area contributed by atoms with Gasteiger partial charge in [-0.2, -0.15) is 0 Å². The molecule has 0 saturated heterocycles. The molecule has 0 aromatic heterocycles. The Morgan fingerprint density at radius 3 is 2.20 bits per heavy atom. The molecular weight excluding hydrogens is 250 g/mol. The fourth-order valence-corrected chi connectivity index (χ4v) is 2.25. The second-order valence-electron chi connectivity index (χ2n) is 5.09. The van der Waals surface area contributed by atoms with Crippen molar-refractivity contribution in [2.45, 2.75) is 5.92 Å². The van der Waals surface area contributed by atoms with Crippen LogP contribution < -0.4 is 0 Å². The number of para-hydroxylation sites is 1. The molecule has 20 heavy (non-hydrogen) atoms. The number of ketones is 1. The predicted octanol–water partition coefficient (Wildman–Crippen LogP) is 3.36. The highest BCUT2D eigenvalue weighted by Crippen LogP contribution is 2.26. The van der Waals surface area contributed by atoms with Crippen molar-refractivity contribution in [1.29, 1.82) is 0 Å². The van der Waals surface area contributed by atoms with Crippen molar-refractivity contribution in [3.05, 3.63) is 65.7 Å². The lowest BCUT2D eigenvalue weighted by Crippen LogP contribution is -2.26. The molecule has 0 heterocycles. The van der Waals surface area contributed by atoms with E-state index >= 15 is 0 Å². The molecule has 0 aliphatic rings. The Labute approximate surface area is 119 Å². The number of likely N-dealkylation sites (N-methyl/N-ethyl adjacent to an activating group) is 1. The number of nitrogens with zero attached hydrogens (tertiary/aromatic N) is 1. The summed E-state index contributed by atoms with van der Waals surface area (Å²) in [5.74, 6) is -0.644. The number of rotatable bonds is 5. The first-order valence-electron chi connectivity index (χ1n) is 6.59. The maximum Gasteiger partial charge on any atom is 0.189 e. The van der Waals surface area contributed by atoms with Gasteiger partial charge >= 0.3 is 0 Å². The normalized spacial score (nSPS) is 12.3. The van der Waals surface area contributed by atoms with E-state index in [9.17, 15) is 9.90 Å². The average Bonchev–Trinajstić information content (AvgIpc) is 2.45. The van der Waals surface area contributed by atoms with Gasteiger partial charge in [0, 0.05) is 6.54 Å². The van der Waals surface area contributed by atoms with Crippen molar-refractivity contribution in [1.82, 2.24) is 4.90 Å². The zero-order chi connectivity index (χ0) is 14.5. The molecular formula is C17H18NO2. The monoisotopic (exact) mass is 268 g/mol. The Hall–Kier alpha value is -2.13. The van der Waals surface area contributed by atoms with Gasteiger partial charge in [-0.3, -0.25) is 9.90 Å². The number of carbonyl (C=O) groups excluding carboxylic acids is 1. The van der Waals surface area contributed by atoms with E-state index in [2.05, 4.69) is 0 Å². The number of benzene rings is 2. The standard InChI is InChI=1S/C17H18NO2/c1-18(2)12-15(13-8-4-3-5-9-13)17(20)14-10-6-7-11-16(14)19/h3-11,15H,12H2,1-2H3/t15-/m0/s1. The van der Waals surface area contributed by atoms with E-state index in [1.807, 2.05) is 49.3 Å². The Morgan fingerprint density at radius 2 is 1.60 bits per heavy atom. The SMILES string of the molecule is CN(C)C[C@H](C(=O)c1ccccc1[O])c1ccccc1. The number of carbonyl (C=O) groups is 1. The Bertz CT molecular complexity index is 579. The first kappa shape index (κ1) is 14.3. The van der Waals surface area contributed by atoms with Crippen LogP contribution >= 0.6 is 0 Å². The zero-order valence-electron chi connectivity index (χ0n) is 11.7. The van der Waals surface area contributed by atoms with Gasteiger partial charge in [0.25, 0.3) is 0 Å². The lowest BCUT2D eigenvalue weighted by molar-refractivity contribution is 0.0940. The molecule has 3 heteroatoms. The predicted molar refractivity (Wildman–Crippen MR) is 78.6 cm³/mol. The lowest BCUT2D eigenvalue weighted by Gasteiger charge is -2.20. The van der Waals surface area contributed by atoms with E-state index in [0.717, 1.165) is 5.56 Å². The van der Waals surface area contributed by atoms with Crippen molar-refractivity contribution < 1.29 is 9.90 Å². The Morgan fingerprint density at radius 1 is 1.00 bits per heavy atom. The minimum absolute atomic E-state index is 0.115. The van der Waals surface area contributed by atoms with Gasteiger partial charge in [0.05, 0.1) is 11.5 Å². The van der Waals surface area contributed by atoms with Crippen LogP contribution in [0.5, 0.6) is 5.75 Å². The highest BCUT2D eigenvalue weighted by atomic mass is 16.3. The largest absolute Gasteiger partial charge is 0.308 e. The molecule has 0 amide bonds. The third-order valence-corrected chi connectivity index (χ3v) is 3.22. The van der Waals surface area contributed by atoms with E-state index in [4.69, 9.17) is 0 Å². The third kappa shape index (κ3) is 3.25. The topological polar surface area (TPSA) is 40.2 Å². The van der Waals surface area contributed by atoms with Gasteiger partial charge in [-0.1, -0.05) is 42.5 Å². The minimum atomic E-state index is -0.318. The average molecular weight is 268 g/mol. The van der Waals surface area contributed by atoms with E-state index < -0.39 is 0 Å². The van der Waals surface area contributed by atoms with E-state index in [1.165, 1.54) is 6.07 Å². The van der Waals surface area contributed by atoms with Gasteiger partial charge in [0.2, 0.25) is 0 Å². The molecule has 0 aliphatic heterocycles. The van der Waals surface area contributed by atoms with E-state index in [1.54, 1.807) is 18.2 Å². The molecule has 0 spiro atoms. The van der Waals surface area contributed by atoms with Crippen LogP contribution in [0.4, 0.5) is 0 Å². The maximum absolute atomic E-state index is 12.7. The van der Waals surface area contributed by atoms with Gasteiger partial charge in [0.1, 0.15) is 0 Å². The molecule has 0 unspecified atom stereocenters. The molecule has 2 rings (SSSR count). The first-order chi connectivity index (χ1) is 9.59. The van der Waals surface area contributed by atoms with Crippen LogP contribution in [0.2, 0.25) is 0 Å². The van der Waals surface area contributed by atoms with E-state index in [-0.39, 0.29) is 23.0 Å².